The number of carbonyl (C=O) groups excluding carboxylic acids is 2. The number of amides is 1. The first-order valence-electron chi connectivity index (χ1n) is 7.80. The van der Waals surface area contributed by atoms with Gasteiger partial charge in [0.2, 0.25) is 0 Å². The Morgan fingerprint density at radius 2 is 1.72 bits per heavy atom. The van der Waals surface area contributed by atoms with Crippen molar-refractivity contribution in [2.24, 2.45) is 0 Å². The van der Waals surface area contributed by atoms with Gasteiger partial charge in [-0.3, -0.25) is 9.59 Å². The van der Waals surface area contributed by atoms with E-state index in [0.717, 1.165) is 5.75 Å². The highest BCUT2D eigenvalue weighted by Crippen LogP contribution is 2.18. The molecule has 0 aliphatic rings. The van der Waals surface area contributed by atoms with Gasteiger partial charge in [0.25, 0.3) is 5.91 Å². The Labute approximate surface area is 145 Å². The molecule has 0 saturated carbocycles. The van der Waals surface area contributed by atoms with Crippen LogP contribution < -0.4 is 10.1 Å². The molecule has 0 atom stereocenters. The van der Waals surface area contributed by atoms with Crippen LogP contribution in [-0.4, -0.2) is 11.7 Å². The van der Waals surface area contributed by atoms with Crippen LogP contribution in [0.3, 0.4) is 0 Å². The van der Waals surface area contributed by atoms with E-state index in [4.69, 9.17) is 9.15 Å². The predicted octanol–water partition coefficient (Wildman–Crippen LogP) is 4.31. The highest BCUT2D eigenvalue weighted by Gasteiger charge is 2.16. The van der Waals surface area contributed by atoms with Crippen LogP contribution in [0.5, 0.6) is 5.75 Å². The highest BCUT2D eigenvalue weighted by atomic mass is 16.5. The number of ketones is 1. The summed E-state index contributed by atoms with van der Waals surface area (Å²) in [6.07, 6.45) is 1.46. The van der Waals surface area contributed by atoms with Crippen molar-refractivity contribution in [3.8, 4) is 5.75 Å². The molecule has 0 saturated heterocycles. The van der Waals surface area contributed by atoms with E-state index in [9.17, 15) is 9.59 Å². The van der Waals surface area contributed by atoms with Gasteiger partial charge in [-0.15, -0.1) is 0 Å². The van der Waals surface area contributed by atoms with Gasteiger partial charge in [-0.05, 0) is 49.4 Å². The molecule has 0 aliphatic carbocycles. The van der Waals surface area contributed by atoms with Crippen LogP contribution in [0.2, 0.25) is 0 Å². The Morgan fingerprint density at radius 3 is 2.40 bits per heavy atom. The normalized spacial score (nSPS) is 10.3. The summed E-state index contributed by atoms with van der Waals surface area (Å²) < 4.78 is 11.0. The maximum atomic E-state index is 12.4. The molecule has 1 amide bonds. The number of benzene rings is 2. The number of hydrogen-bond acceptors (Lipinski definition) is 4. The monoisotopic (exact) mass is 335 g/mol. The van der Waals surface area contributed by atoms with Crippen LogP contribution in [0.1, 0.15) is 33.4 Å². The highest BCUT2D eigenvalue weighted by molar-refractivity contribution is 6.03. The molecule has 3 aromatic rings. The zero-order valence-electron chi connectivity index (χ0n) is 13.7. The number of hydrogen-bond donors (Lipinski definition) is 1. The molecule has 3 rings (SSSR count). The fourth-order valence-corrected chi connectivity index (χ4v) is 2.30. The number of carbonyl (C=O) groups is 2. The smallest absolute Gasteiger partial charge is 0.291 e. The number of nitrogens with one attached hydrogen (secondary N) is 1. The van der Waals surface area contributed by atoms with E-state index < -0.39 is 0 Å². The van der Waals surface area contributed by atoms with Gasteiger partial charge in [0.05, 0.1) is 6.26 Å². The number of rotatable bonds is 6. The van der Waals surface area contributed by atoms with Gasteiger partial charge in [-0.25, -0.2) is 0 Å². The molecule has 0 bridgehead atoms. The Kier molecular flexibility index (Phi) is 4.95. The summed E-state index contributed by atoms with van der Waals surface area (Å²) in [6, 6.07) is 17.7. The first-order valence-corrected chi connectivity index (χ1v) is 7.80. The average Bonchev–Trinajstić information content (AvgIpc) is 3.10. The van der Waals surface area contributed by atoms with Crippen molar-refractivity contribution in [3.05, 3.63) is 83.8 Å². The Balaban J connectivity index is 1.66. The lowest BCUT2D eigenvalue weighted by molar-refractivity contribution is 0.0991. The molecule has 25 heavy (non-hydrogen) atoms. The van der Waals surface area contributed by atoms with E-state index in [0.29, 0.717) is 16.8 Å². The van der Waals surface area contributed by atoms with Gasteiger partial charge in [0.1, 0.15) is 12.4 Å². The SMILES string of the molecule is CC(=O)c1ccc(NC(=O)c2occc2COc2ccccc2)cc1. The molecule has 0 fully saturated rings. The van der Waals surface area contributed by atoms with Crippen molar-refractivity contribution in [2.45, 2.75) is 13.5 Å². The third-order valence-electron chi connectivity index (χ3n) is 3.64. The van der Waals surface area contributed by atoms with Crippen LogP contribution in [0, 0.1) is 0 Å². The third kappa shape index (κ3) is 4.14. The minimum absolute atomic E-state index is 0.0238. The van der Waals surface area contributed by atoms with Gasteiger partial charge in [0, 0.05) is 16.8 Å². The molecular weight excluding hydrogens is 318 g/mol. The molecule has 0 unspecified atom stereocenters. The minimum Gasteiger partial charge on any atom is -0.489 e. The second-order valence-electron chi connectivity index (χ2n) is 5.46. The molecule has 0 aliphatic heterocycles. The predicted molar refractivity (Wildman–Crippen MR) is 93.9 cm³/mol. The van der Waals surface area contributed by atoms with E-state index in [1.165, 1.54) is 13.2 Å². The fourth-order valence-electron chi connectivity index (χ4n) is 2.30. The quantitative estimate of drug-likeness (QED) is 0.681. The number of Topliss-reactive ketones (excluding diaryl/α,β-unsaturated/α-hetero) is 1. The minimum atomic E-state index is -0.368. The van der Waals surface area contributed by atoms with Crippen LogP contribution in [0.15, 0.2) is 71.3 Å². The van der Waals surface area contributed by atoms with Gasteiger partial charge >= 0.3 is 0 Å². The Hall–Kier alpha value is -3.34. The summed E-state index contributed by atoms with van der Waals surface area (Å²) in [6.45, 7) is 1.72. The van der Waals surface area contributed by atoms with Crippen molar-refractivity contribution < 1.29 is 18.7 Å². The fraction of sp³-hybridized carbons (Fsp3) is 0.100. The van der Waals surface area contributed by atoms with Gasteiger partial charge in [-0.1, -0.05) is 18.2 Å². The second-order valence-corrected chi connectivity index (χ2v) is 5.46. The standard InChI is InChI=1S/C20H17NO4/c1-14(22)15-7-9-17(10-8-15)21-20(23)19-16(11-12-24-19)13-25-18-5-3-2-4-6-18/h2-12H,13H2,1H3,(H,21,23). The molecule has 1 aromatic heterocycles. The van der Waals surface area contributed by atoms with Crippen molar-refractivity contribution in [1.29, 1.82) is 0 Å². The van der Waals surface area contributed by atoms with Crippen molar-refractivity contribution in [3.63, 3.8) is 0 Å². The average molecular weight is 335 g/mol. The van der Waals surface area contributed by atoms with Crippen LogP contribution >= 0.6 is 0 Å². The maximum absolute atomic E-state index is 12.4. The first-order chi connectivity index (χ1) is 12.1. The zero-order chi connectivity index (χ0) is 17.6. The third-order valence-corrected chi connectivity index (χ3v) is 3.64. The van der Waals surface area contributed by atoms with Gasteiger partial charge in [-0.2, -0.15) is 0 Å². The summed E-state index contributed by atoms with van der Waals surface area (Å²) in [7, 11) is 0. The molecule has 0 spiro atoms. The summed E-state index contributed by atoms with van der Waals surface area (Å²) in [5, 5.41) is 2.75. The summed E-state index contributed by atoms with van der Waals surface area (Å²) in [4.78, 5) is 23.7. The van der Waals surface area contributed by atoms with E-state index in [1.54, 1.807) is 30.3 Å². The molecule has 5 heteroatoms. The largest absolute Gasteiger partial charge is 0.489 e. The lowest BCUT2D eigenvalue weighted by Gasteiger charge is -2.07. The van der Waals surface area contributed by atoms with Gasteiger partial charge < -0.3 is 14.5 Å². The number of anilines is 1. The van der Waals surface area contributed by atoms with Crippen LogP contribution in [0.25, 0.3) is 0 Å². The molecule has 1 N–H and O–H groups in total. The van der Waals surface area contributed by atoms with Crippen LogP contribution in [0.4, 0.5) is 5.69 Å². The molecule has 2 aromatic carbocycles. The molecule has 0 radical (unpaired) electrons. The number of ether oxygens (including phenoxy) is 1. The maximum Gasteiger partial charge on any atom is 0.291 e. The van der Waals surface area contributed by atoms with Crippen molar-refractivity contribution in [1.82, 2.24) is 0 Å². The lowest BCUT2D eigenvalue weighted by atomic mass is 10.1. The zero-order valence-corrected chi connectivity index (χ0v) is 13.7. The summed E-state index contributed by atoms with van der Waals surface area (Å²) >= 11 is 0. The second kappa shape index (κ2) is 7.49. The molecule has 126 valence electrons. The topological polar surface area (TPSA) is 68.5 Å². The lowest BCUT2D eigenvalue weighted by Crippen LogP contribution is -2.13. The van der Waals surface area contributed by atoms with Gasteiger partial charge in [0.15, 0.2) is 11.5 Å². The van der Waals surface area contributed by atoms with E-state index >= 15 is 0 Å². The van der Waals surface area contributed by atoms with E-state index in [1.807, 2.05) is 30.3 Å². The number of para-hydroxylation sites is 1. The molecular formula is C20H17NO4. The summed E-state index contributed by atoms with van der Waals surface area (Å²) in [5.41, 5.74) is 1.83. The Morgan fingerprint density at radius 1 is 1.00 bits per heavy atom. The van der Waals surface area contributed by atoms with Crippen LogP contribution in [-0.2, 0) is 6.61 Å². The molecule has 1 heterocycles. The number of furan rings is 1. The van der Waals surface area contributed by atoms with E-state index in [-0.39, 0.29) is 24.1 Å². The van der Waals surface area contributed by atoms with Crippen molar-refractivity contribution in [2.75, 3.05) is 5.32 Å². The molecule has 5 nitrogen and oxygen atoms in total. The summed E-state index contributed by atoms with van der Waals surface area (Å²) in [5.74, 6) is 0.526. The Bertz CT molecular complexity index is 866. The van der Waals surface area contributed by atoms with E-state index in [2.05, 4.69) is 5.32 Å². The first kappa shape index (κ1) is 16.5. The van der Waals surface area contributed by atoms with Crippen molar-refractivity contribution >= 4 is 17.4 Å².